The Hall–Kier alpha value is -0.610. The maximum Gasteiger partial charge on any atom is 0.263 e. The summed E-state index contributed by atoms with van der Waals surface area (Å²) in [6, 6.07) is 0. The van der Waals surface area contributed by atoms with Crippen LogP contribution in [0.5, 0.6) is 0 Å². The van der Waals surface area contributed by atoms with Crippen molar-refractivity contribution >= 4 is 34.2 Å². The van der Waals surface area contributed by atoms with E-state index in [-0.39, 0.29) is 5.91 Å². The van der Waals surface area contributed by atoms with E-state index in [9.17, 15) is 4.79 Å². The number of rotatable bonds is 3. The van der Waals surface area contributed by atoms with Gasteiger partial charge in [0.15, 0.2) is 0 Å². The summed E-state index contributed by atoms with van der Waals surface area (Å²) >= 11 is 6.23. The highest BCUT2D eigenvalue weighted by Gasteiger charge is 2.23. The number of allylic oxidation sites excluding steroid dienone is 2. The van der Waals surface area contributed by atoms with Gasteiger partial charge in [-0.05, 0) is 19.8 Å². The fourth-order valence-electron chi connectivity index (χ4n) is 1.03. The van der Waals surface area contributed by atoms with Gasteiger partial charge in [-0.2, -0.15) is 0 Å². The maximum atomic E-state index is 11.3. The van der Waals surface area contributed by atoms with Gasteiger partial charge in [-0.25, -0.2) is 0 Å². The number of nitrogens with one attached hydrogen (secondary N) is 1. The molecule has 0 unspecified atom stereocenters. The van der Waals surface area contributed by atoms with E-state index in [1.54, 1.807) is 0 Å². The number of amides is 1. The molecular weight excluding hydrogens is 202 g/mol. The molecule has 1 aliphatic rings. The van der Waals surface area contributed by atoms with Crippen molar-refractivity contribution in [3.8, 4) is 0 Å². The molecule has 1 rings (SSSR count). The molecule has 1 aliphatic heterocycles. The number of carbonyl (C=O) groups is 1. The smallest absolute Gasteiger partial charge is 0.263 e. The highest BCUT2D eigenvalue weighted by Crippen LogP contribution is 2.28. The van der Waals surface area contributed by atoms with Crippen molar-refractivity contribution in [2.75, 3.05) is 0 Å². The molecule has 1 fully saturated rings. The van der Waals surface area contributed by atoms with Gasteiger partial charge in [-0.3, -0.25) is 4.79 Å². The van der Waals surface area contributed by atoms with E-state index in [0.29, 0.717) is 4.32 Å². The molecule has 0 radical (unpaired) electrons. The Labute approximate surface area is 87.5 Å². The van der Waals surface area contributed by atoms with Crippen LogP contribution >= 0.6 is 24.0 Å². The molecular formula is C9H11NOS2. The molecule has 0 aromatic heterocycles. The molecule has 0 bridgehead atoms. The van der Waals surface area contributed by atoms with Gasteiger partial charge in [-0.1, -0.05) is 35.6 Å². The zero-order chi connectivity index (χ0) is 9.84. The van der Waals surface area contributed by atoms with Crippen LogP contribution in [-0.2, 0) is 4.79 Å². The van der Waals surface area contributed by atoms with Crippen LogP contribution in [0.2, 0.25) is 0 Å². The maximum absolute atomic E-state index is 11.3. The fraction of sp³-hybridized carbons (Fsp3) is 0.333. The van der Waals surface area contributed by atoms with Crippen LogP contribution < -0.4 is 5.32 Å². The molecule has 0 aromatic rings. The van der Waals surface area contributed by atoms with Crippen molar-refractivity contribution in [3.05, 3.63) is 23.1 Å². The molecule has 70 valence electrons. The van der Waals surface area contributed by atoms with Crippen LogP contribution in [0.25, 0.3) is 0 Å². The minimum atomic E-state index is -0.0587. The lowest BCUT2D eigenvalue weighted by Gasteiger charge is -1.99. The van der Waals surface area contributed by atoms with Gasteiger partial charge >= 0.3 is 0 Å². The second kappa shape index (κ2) is 4.58. The van der Waals surface area contributed by atoms with E-state index in [2.05, 4.69) is 11.9 Å². The largest absolute Gasteiger partial charge is 0.307 e. The summed E-state index contributed by atoms with van der Waals surface area (Å²) in [5.41, 5.74) is 1.09. The average molecular weight is 213 g/mol. The number of hydrogen-bond donors (Lipinski definition) is 1. The summed E-state index contributed by atoms with van der Waals surface area (Å²) in [6.07, 6.45) is 3.62. The third kappa shape index (κ3) is 2.67. The standard InChI is InChI=1S/C9H11NOS2/c1-3-4-5-6(2)7-8(11)10-9(12)13-7/h3H,1,4-5H2,2H3,(H,10,11,12)/b7-6-. The number of hydrogen-bond acceptors (Lipinski definition) is 3. The first-order valence-corrected chi connectivity index (χ1v) is 5.21. The first kappa shape index (κ1) is 10.5. The number of carbonyl (C=O) groups excluding carboxylic acids is 1. The fourth-order valence-corrected chi connectivity index (χ4v) is 2.12. The van der Waals surface area contributed by atoms with E-state index in [0.717, 1.165) is 23.3 Å². The van der Waals surface area contributed by atoms with Crippen LogP contribution in [0.1, 0.15) is 19.8 Å². The molecule has 2 nitrogen and oxygen atoms in total. The van der Waals surface area contributed by atoms with Gasteiger partial charge in [0.1, 0.15) is 4.32 Å². The number of thiocarbonyl (C=S) groups is 1. The Balaban J connectivity index is 2.72. The van der Waals surface area contributed by atoms with Crippen LogP contribution in [0, 0.1) is 0 Å². The summed E-state index contributed by atoms with van der Waals surface area (Å²) in [5, 5.41) is 2.60. The second-order valence-electron chi connectivity index (χ2n) is 2.78. The lowest BCUT2D eigenvalue weighted by molar-refractivity contribution is -0.115. The first-order valence-electron chi connectivity index (χ1n) is 3.99. The van der Waals surface area contributed by atoms with Crippen LogP contribution in [0.4, 0.5) is 0 Å². The van der Waals surface area contributed by atoms with Crippen molar-refractivity contribution in [2.45, 2.75) is 19.8 Å². The van der Waals surface area contributed by atoms with Gasteiger partial charge in [0.25, 0.3) is 5.91 Å². The van der Waals surface area contributed by atoms with E-state index >= 15 is 0 Å². The SMILES string of the molecule is C=CCC/C(C)=C1\SC(=S)NC1=O. The van der Waals surface area contributed by atoms with Gasteiger partial charge in [0.05, 0.1) is 4.91 Å². The predicted octanol–water partition coefficient (Wildman–Crippen LogP) is 2.37. The van der Waals surface area contributed by atoms with Crippen LogP contribution in [0.3, 0.4) is 0 Å². The topological polar surface area (TPSA) is 29.1 Å². The lowest BCUT2D eigenvalue weighted by Crippen LogP contribution is -2.18. The van der Waals surface area contributed by atoms with Gasteiger partial charge in [-0.15, -0.1) is 6.58 Å². The third-order valence-electron chi connectivity index (χ3n) is 1.73. The molecule has 13 heavy (non-hydrogen) atoms. The average Bonchev–Trinajstić information content (AvgIpc) is 2.41. The van der Waals surface area contributed by atoms with Crippen LogP contribution in [0.15, 0.2) is 23.1 Å². The Kier molecular flexibility index (Phi) is 3.69. The lowest BCUT2D eigenvalue weighted by atomic mass is 10.1. The van der Waals surface area contributed by atoms with Crippen molar-refractivity contribution < 1.29 is 4.79 Å². The van der Waals surface area contributed by atoms with Crippen molar-refractivity contribution in [1.82, 2.24) is 5.32 Å². The van der Waals surface area contributed by atoms with E-state index < -0.39 is 0 Å². The van der Waals surface area contributed by atoms with E-state index in [1.165, 1.54) is 11.8 Å². The summed E-state index contributed by atoms with van der Waals surface area (Å²) in [4.78, 5) is 12.0. The highest BCUT2D eigenvalue weighted by molar-refractivity contribution is 8.26. The zero-order valence-electron chi connectivity index (χ0n) is 7.42. The Morgan fingerprint density at radius 1 is 1.77 bits per heavy atom. The molecule has 4 heteroatoms. The molecule has 1 saturated heterocycles. The highest BCUT2D eigenvalue weighted by atomic mass is 32.2. The Bertz CT molecular complexity index is 294. The van der Waals surface area contributed by atoms with Crippen molar-refractivity contribution in [1.29, 1.82) is 0 Å². The predicted molar refractivity (Wildman–Crippen MR) is 60.5 cm³/mol. The summed E-state index contributed by atoms with van der Waals surface area (Å²) < 4.78 is 0.554. The molecule has 1 amide bonds. The summed E-state index contributed by atoms with van der Waals surface area (Å²) in [5.74, 6) is -0.0587. The van der Waals surface area contributed by atoms with Gasteiger partial charge in [0.2, 0.25) is 0 Å². The molecule has 0 atom stereocenters. The Morgan fingerprint density at radius 3 is 2.92 bits per heavy atom. The zero-order valence-corrected chi connectivity index (χ0v) is 9.06. The van der Waals surface area contributed by atoms with Crippen molar-refractivity contribution in [3.63, 3.8) is 0 Å². The molecule has 0 aliphatic carbocycles. The monoisotopic (exact) mass is 213 g/mol. The number of thioether (sulfide) groups is 1. The minimum Gasteiger partial charge on any atom is -0.307 e. The molecule has 0 spiro atoms. The van der Waals surface area contributed by atoms with E-state index in [1.807, 2.05) is 13.0 Å². The molecule has 0 saturated carbocycles. The Morgan fingerprint density at radius 2 is 2.46 bits per heavy atom. The van der Waals surface area contributed by atoms with Crippen LogP contribution in [-0.4, -0.2) is 10.2 Å². The second-order valence-corrected chi connectivity index (χ2v) is 4.47. The first-order chi connectivity index (χ1) is 6.15. The quantitative estimate of drug-likeness (QED) is 0.443. The van der Waals surface area contributed by atoms with Crippen molar-refractivity contribution in [2.24, 2.45) is 0 Å². The molecule has 1 N–H and O–H groups in total. The third-order valence-corrected chi connectivity index (χ3v) is 3.11. The summed E-state index contributed by atoms with van der Waals surface area (Å²) in [7, 11) is 0. The molecule has 0 aromatic carbocycles. The normalized spacial score (nSPS) is 20.1. The minimum absolute atomic E-state index is 0.0587. The van der Waals surface area contributed by atoms with E-state index in [4.69, 9.17) is 12.2 Å². The van der Waals surface area contributed by atoms with Gasteiger partial charge < -0.3 is 5.32 Å². The van der Waals surface area contributed by atoms with Gasteiger partial charge in [0, 0.05) is 0 Å². The summed E-state index contributed by atoms with van der Waals surface area (Å²) in [6.45, 7) is 5.60. The molecule has 1 heterocycles.